The van der Waals surface area contributed by atoms with Gasteiger partial charge in [0.1, 0.15) is 0 Å². The molecule has 2 rings (SSSR count). The SMILES string of the molecule is COCC1CCCN1CCC(C)(C)c1ccc(Cl)cc1. The van der Waals surface area contributed by atoms with Crippen LogP contribution in [0.3, 0.4) is 0 Å². The maximum Gasteiger partial charge on any atom is 0.0618 e. The molecule has 0 aliphatic carbocycles. The maximum absolute atomic E-state index is 5.97. The molecular formula is C17H26ClNO. The van der Waals surface area contributed by atoms with E-state index in [-0.39, 0.29) is 5.41 Å². The summed E-state index contributed by atoms with van der Waals surface area (Å²) in [5.74, 6) is 0. The van der Waals surface area contributed by atoms with Crippen LogP contribution in [-0.4, -0.2) is 37.7 Å². The molecule has 1 aliphatic heterocycles. The summed E-state index contributed by atoms with van der Waals surface area (Å²) in [4.78, 5) is 2.58. The molecular weight excluding hydrogens is 270 g/mol. The van der Waals surface area contributed by atoms with Gasteiger partial charge in [-0.05, 0) is 55.5 Å². The molecule has 0 amide bonds. The van der Waals surface area contributed by atoms with Gasteiger partial charge < -0.3 is 4.74 Å². The fraction of sp³-hybridized carbons (Fsp3) is 0.647. The van der Waals surface area contributed by atoms with Gasteiger partial charge in [-0.3, -0.25) is 4.90 Å². The second-order valence-electron chi connectivity index (χ2n) is 6.43. The summed E-state index contributed by atoms with van der Waals surface area (Å²) in [6.07, 6.45) is 3.74. The summed E-state index contributed by atoms with van der Waals surface area (Å²) in [5, 5.41) is 0.809. The van der Waals surface area contributed by atoms with Crippen LogP contribution in [0.15, 0.2) is 24.3 Å². The maximum atomic E-state index is 5.97. The van der Waals surface area contributed by atoms with Gasteiger partial charge in [0.05, 0.1) is 6.61 Å². The Morgan fingerprint density at radius 1 is 1.30 bits per heavy atom. The molecule has 1 atom stereocenters. The molecule has 0 spiro atoms. The number of halogens is 1. The van der Waals surface area contributed by atoms with Crippen LogP contribution in [0.1, 0.15) is 38.7 Å². The predicted octanol–water partition coefficient (Wildman–Crippen LogP) is 4.12. The number of methoxy groups -OCH3 is 1. The van der Waals surface area contributed by atoms with Crippen LogP contribution in [0.25, 0.3) is 0 Å². The van der Waals surface area contributed by atoms with Crippen molar-refractivity contribution in [1.29, 1.82) is 0 Å². The Hall–Kier alpha value is -0.570. The lowest BCUT2D eigenvalue weighted by molar-refractivity contribution is 0.111. The molecule has 112 valence electrons. The van der Waals surface area contributed by atoms with E-state index in [9.17, 15) is 0 Å². The van der Waals surface area contributed by atoms with Crippen molar-refractivity contribution in [1.82, 2.24) is 4.90 Å². The van der Waals surface area contributed by atoms with Crippen LogP contribution in [0.4, 0.5) is 0 Å². The lowest BCUT2D eigenvalue weighted by Gasteiger charge is -2.30. The number of nitrogens with zero attached hydrogens (tertiary/aromatic N) is 1. The topological polar surface area (TPSA) is 12.5 Å². The monoisotopic (exact) mass is 295 g/mol. The highest BCUT2D eigenvalue weighted by molar-refractivity contribution is 6.30. The van der Waals surface area contributed by atoms with Crippen molar-refractivity contribution in [2.75, 3.05) is 26.8 Å². The van der Waals surface area contributed by atoms with Crippen molar-refractivity contribution in [2.45, 2.75) is 44.6 Å². The molecule has 1 heterocycles. The number of hydrogen-bond donors (Lipinski definition) is 0. The van der Waals surface area contributed by atoms with Gasteiger partial charge in [-0.25, -0.2) is 0 Å². The van der Waals surface area contributed by atoms with Gasteiger partial charge in [-0.15, -0.1) is 0 Å². The zero-order valence-electron chi connectivity index (χ0n) is 12.9. The molecule has 0 bridgehead atoms. The minimum Gasteiger partial charge on any atom is -0.383 e. The Kier molecular flexibility index (Phi) is 5.48. The van der Waals surface area contributed by atoms with Crippen molar-refractivity contribution in [3.63, 3.8) is 0 Å². The van der Waals surface area contributed by atoms with Gasteiger partial charge in [0.25, 0.3) is 0 Å². The summed E-state index contributed by atoms with van der Waals surface area (Å²) in [7, 11) is 1.80. The molecule has 0 radical (unpaired) electrons. The smallest absolute Gasteiger partial charge is 0.0618 e. The predicted molar refractivity (Wildman–Crippen MR) is 85.6 cm³/mol. The van der Waals surface area contributed by atoms with E-state index in [1.807, 2.05) is 12.1 Å². The first-order valence-corrected chi connectivity index (χ1v) is 7.90. The van der Waals surface area contributed by atoms with E-state index in [1.165, 1.54) is 24.9 Å². The van der Waals surface area contributed by atoms with Crippen LogP contribution in [-0.2, 0) is 10.2 Å². The Morgan fingerprint density at radius 3 is 2.65 bits per heavy atom. The van der Waals surface area contributed by atoms with Crippen molar-refractivity contribution in [2.24, 2.45) is 0 Å². The van der Waals surface area contributed by atoms with Crippen molar-refractivity contribution >= 4 is 11.6 Å². The second-order valence-corrected chi connectivity index (χ2v) is 6.86. The minimum atomic E-state index is 0.185. The Balaban J connectivity index is 1.93. The lowest BCUT2D eigenvalue weighted by atomic mass is 9.81. The first-order chi connectivity index (χ1) is 9.53. The summed E-state index contributed by atoms with van der Waals surface area (Å²) in [6, 6.07) is 8.89. The van der Waals surface area contributed by atoms with Crippen LogP contribution in [0.5, 0.6) is 0 Å². The molecule has 0 N–H and O–H groups in total. The zero-order chi connectivity index (χ0) is 14.6. The van der Waals surface area contributed by atoms with Crippen LogP contribution in [0.2, 0.25) is 5.02 Å². The number of likely N-dealkylation sites (tertiary alicyclic amines) is 1. The van der Waals surface area contributed by atoms with E-state index in [0.29, 0.717) is 6.04 Å². The van der Waals surface area contributed by atoms with Crippen LogP contribution >= 0.6 is 11.6 Å². The van der Waals surface area contributed by atoms with Gasteiger partial charge in [-0.2, -0.15) is 0 Å². The zero-order valence-corrected chi connectivity index (χ0v) is 13.6. The molecule has 1 fully saturated rings. The standard InChI is InChI=1S/C17H26ClNO/c1-17(2,14-6-8-15(18)9-7-14)10-12-19-11-4-5-16(19)13-20-3/h6-9,16H,4-5,10-13H2,1-3H3. The molecule has 1 aromatic rings. The first kappa shape index (κ1) is 15.8. The molecule has 20 heavy (non-hydrogen) atoms. The summed E-state index contributed by atoms with van der Waals surface area (Å²) in [6.45, 7) is 7.85. The van der Waals surface area contributed by atoms with Gasteiger partial charge in [0, 0.05) is 18.2 Å². The fourth-order valence-electron chi connectivity index (χ4n) is 3.04. The van der Waals surface area contributed by atoms with Crippen molar-refractivity contribution < 1.29 is 4.74 Å². The molecule has 1 unspecified atom stereocenters. The molecule has 3 heteroatoms. The van der Waals surface area contributed by atoms with Gasteiger partial charge in [0.15, 0.2) is 0 Å². The quantitative estimate of drug-likeness (QED) is 0.783. The lowest BCUT2D eigenvalue weighted by Crippen LogP contribution is -2.36. The first-order valence-electron chi connectivity index (χ1n) is 7.52. The van der Waals surface area contributed by atoms with Crippen molar-refractivity contribution in [3.8, 4) is 0 Å². The summed E-state index contributed by atoms with van der Waals surface area (Å²) < 4.78 is 5.33. The van der Waals surface area contributed by atoms with Gasteiger partial charge >= 0.3 is 0 Å². The van der Waals surface area contributed by atoms with E-state index in [0.717, 1.165) is 24.6 Å². The highest BCUT2D eigenvalue weighted by atomic mass is 35.5. The molecule has 0 aromatic heterocycles. The van der Waals surface area contributed by atoms with Gasteiger partial charge in [-0.1, -0.05) is 37.6 Å². The van der Waals surface area contributed by atoms with Crippen LogP contribution in [0, 0.1) is 0 Å². The Morgan fingerprint density at radius 2 is 2.00 bits per heavy atom. The minimum absolute atomic E-state index is 0.185. The third-order valence-corrected chi connectivity index (χ3v) is 4.76. The van der Waals surface area contributed by atoms with E-state index in [2.05, 4.69) is 30.9 Å². The van der Waals surface area contributed by atoms with E-state index >= 15 is 0 Å². The number of benzene rings is 1. The highest BCUT2D eigenvalue weighted by Gasteiger charge is 2.27. The third-order valence-electron chi connectivity index (χ3n) is 4.51. The molecule has 1 aliphatic rings. The average Bonchev–Trinajstić information content (AvgIpc) is 2.85. The number of ether oxygens (including phenoxy) is 1. The normalized spacial score (nSPS) is 20.5. The largest absolute Gasteiger partial charge is 0.383 e. The number of rotatable bonds is 6. The second kappa shape index (κ2) is 6.93. The Bertz CT molecular complexity index is 416. The average molecular weight is 296 g/mol. The van der Waals surface area contributed by atoms with E-state index in [4.69, 9.17) is 16.3 Å². The molecule has 1 aromatic carbocycles. The van der Waals surface area contributed by atoms with Crippen molar-refractivity contribution in [3.05, 3.63) is 34.9 Å². The molecule has 0 saturated carbocycles. The molecule has 1 saturated heterocycles. The summed E-state index contributed by atoms with van der Waals surface area (Å²) in [5.41, 5.74) is 1.55. The highest BCUT2D eigenvalue weighted by Crippen LogP contribution is 2.29. The summed E-state index contributed by atoms with van der Waals surface area (Å²) >= 11 is 5.97. The van der Waals surface area contributed by atoms with E-state index in [1.54, 1.807) is 7.11 Å². The molecule has 2 nitrogen and oxygen atoms in total. The third kappa shape index (κ3) is 3.97. The van der Waals surface area contributed by atoms with E-state index < -0.39 is 0 Å². The fourth-order valence-corrected chi connectivity index (χ4v) is 3.17. The number of hydrogen-bond acceptors (Lipinski definition) is 2. The van der Waals surface area contributed by atoms with Gasteiger partial charge in [0.2, 0.25) is 0 Å². The van der Waals surface area contributed by atoms with Crippen LogP contribution < -0.4 is 0 Å². The Labute approximate surface area is 128 Å².